The molecule has 1 saturated heterocycles. The van der Waals surface area contributed by atoms with E-state index in [4.69, 9.17) is 23.2 Å². The number of benzene rings is 2. The van der Waals surface area contributed by atoms with Gasteiger partial charge in [-0.1, -0.05) is 47.5 Å². The summed E-state index contributed by atoms with van der Waals surface area (Å²) in [6, 6.07) is 14.0. The van der Waals surface area contributed by atoms with E-state index < -0.39 is 17.6 Å². The van der Waals surface area contributed by atoms with Crippen molar-refractivity contribution in [2.75, 3.05) is 25.0 Å². The van der Waals surface area contributed by atoms with Gasteiger partial charge in [-0.2, -0.15) is 13.2 Å². The molecular weight excluding hydrogens is 510 g/mol. The minimum atomic E-state index is -4.47. The molecule has 1 aromatic heterocycles. The van der Waals surface area contributed by atoms with E-state index >= 15 is 0 Å². The number of alkyl halides is 3. The second-order valence-corrected chi connectivity index (χ2v) is 9.47. The van der Waals surface area contributed by atoms with Gasteiger partial charge in [0, 0.05) is 29.0 Å². The molecule has 2 heterocycles. The predicted molar refractivity (Wildman–Crippen MR) is 138 cm³/mol. The van der Waals surface area contributed by atoms with Gasteiger partial charge in [0.2, 0.25) is 0 Å². The largest absolute Gasteiger partial charge is 0.416 e. The monoisotopic (exact) mass is 533 g/mol. The van der Waals surface area contributed by atoms with E-state index in [1.165, 1.54) is 24.4 Å². The van der Waals surface area contributed by atoms with Crippen molar-refractivity contribution in [1.82, 2.24) is 9.88 Å². The minimum Gasteiger partial charge on any atom is -0.322 e. The highest BCUT2D eigenvalue weighted by atomic mass is 35.5. The molecule has 2 aromatic carbocycles. The lowest BCUT2D eigenvalue weighted by atomic mass is 9.87. The van der Waals surface area contributed by atoms with Crippen LogP contribution in [0.1, 0.15) is 45.8 Å². The summed E-state index contributed by atoms with van der Waals surface area (Å²) in [4.78, 5) is 18.9. The summed E-state index contributed by atoms with van der Waals surface area (Å²) in [5.74, 6) is -0.565. The first kappa shape index (κ1) is 26.2. The fourth-order valence-electron chi connectivity index (χ4n) is 4.27. The number of carbonyl (C=O) groups is 1. The van der Waals surface area contributed by atoms with Crippen molar-refractivity contribution < 1.29 is 18.0 Å². The molecule has 1 aliphatic rings. The Morgan fingerprint density at radius 3 is 2.44 bits per heavy atom. The lowest BCUT2D eigenvalue weighted by Gasteiger charge is -2.32. The average Bonchev–Trinajstić information content (AvgIpc) is 2.85. The normalized spacial score (nSPS) is 15.4. The summed E-state index contributed by atoms with van der Waals surface area (Å²) in [6.07, 6.45) is 2.39. The third-order valence-electron chi connectivity index (χ3n) is 6.19. The van der Waals surface area contributed by atoms with Crippen molar-refractivity contribution in [1.29, 1.82) is 0 Å². The summed E-state index contributed by atoms with van der Waals surface area (Å²) in [6.45, 7) is 2.21. The molecular formula is C27H24Cl2F3N3O. The third kappa shape index (κ3) is 6.87. The van der Waals surface area contributed by atoms with Gasteiger partial charge in [0.15, 0.2) is 0 Å². The molecule has 0 spiro atoms. The number of pyridine rings is 1. The van der Waals surface area contributed by atoms with Crippen LogP contribution in [0.2, 0.25) is 10.2 Å². The highest BCUT2D eigenvalue weighted by Gasteiger charge is 2.33. The minimum absolute atomic E-state index is 0.111. The second kappa shape index (κ2) is 11.5. The zero-order chi connectivity index (χ0) is 25.7. The van der Waals surface area contributed by atoms with Crippen LogP contribution < -0.4 is 5.32 Å². The molecule has 4 nitrogen and oxygen atoms in total. The molecule has 188 valence electrons. The molecule has 9 heteroatoms. The molecule has 0 bridgehead atoms. The van der Waals surface area contributed by atoms with E-state index in [9.17, 15) is 18.0 Å². The Kier molecular flexibility index (Phi) is 8.34. The van der Waals surface area contributed by atoms with Crippen LogP contribution >= 0.6 is 23.2 Å². The Morgan fingerprint density at radius 1 is 1.06 bits per heavy atom. The molecule has 0 unspecified atom stereocenters. The number of piperidine rings is 1. The van der Waals surface area contributed by atoms with E-state index in [2.05, 4.69) is 21.3 Å². The SMILES string of the molecule is O=C(Nc1ccc(C(F)(F)F)cc1C1CCN(CC=Cc2ccc(Cl)cc2)CC1)c1ccnc(Cl)c1. The maximum absolute atomic E-state index is 13.5. The number of nitrogens with zero attached hydrogens (tertiary/aromatic N) is 2. The van der Waals surface area contributed by atoms with Gasteiger partial charge in [0.05, 0.1) is 5.56 Å². The number of hydrogen-bond donors (Lipinski definition) is 1. The first-order valence-corrected chi connectivity index (χ1v) is 12.2. The number of hydrogen-bond acceptors (Lipinski definition) is 3. The molecule has 36 heavy (non-hydrogen) atoms. The van der Waals surface area contributed by atoms with Crippen LogP contribution in [0.5, 0.6) is 0 Å². The number of halogens is 5. The molecule has 3 aromatic rings. The first-order valence-electron chi connectivity index (χ1n) is 11.5. The van der Waals surface area contributed by atoms with Crippen LogP contribution in [0.3, 0.4) is 0 Å². The van der Waals surface area contributed by atoms with E-state index in [0.29, 0.717) is 29.1 Å². The summed E-state index contributed by atoms with van der Waals surface area (Å²) >= 11 is 11.8. The number of nitrogens with one attached hydrogen (secondary N) is 1. The average molecular weight is 534 g/mol. The highest BCUT2D eigenvalue weighted by Crippen LogP contribution is 2.38. The van der Waals surface area contributed by atoms with Crippen LogP contribution in [-0.4, -0.2) is 35.4 Å². The van der Waals surface area contributed by atoms with E-state index in [-0.39, 0.29) is 16.6 Å². The molecule has 0 saturated carbocycles. The third-order valence-corrected chi connectivity index (χ3v) is 6.65. The van der Waals surface area contributed by atoms with Crippen LogP contribution in [-0.2, 0) is 6.18 Å². The predicted octanol–water partition coefficient (Wildman–Crippen LogP) is 7.55. The van der Waals surface area contributed by atoms with Gasteiger partial charge in [-0.15, -0.1) is 0 Å². The number of aromatic nitrogens is 1. The van der Waals surface area contributed by atoms with Crippen LogP contribution in [0.25, 0.3) is 6.08 Å². The van der Waals surface area contributed by atoms with Crippen molar-refractivity contribution >= 4 is 40.9 Å². The number of amides is 1. The molecule has 4 rings (SSSR count). The van der Waals surface area contributed by atoms with Crippen LogP contribution in [0.15, 0.2) is 66.9 Å². The van der Waals surface area contributed by atoms with E-state index in [0.717, 1.165) is 37.3 Å². The summed E-state index contributed by atoms with van der Waals surface area (Å²) in [7, 11) is 0. The summed E-state index contributed by atoms with van der Waals surface area (Å²) < 4.78 is 40.4. The second-order valence-electron chi connectivity index (χ2n) is 8.65. The molecule has 1 N–H and O–H groups in total. The number of anilines is 1. The highest BCUT2D eigenvalue weighted by molar-refractivity contribution is 6.30. The summed E-state index contributed by atoms with van der Waals surface area (Å²) in [5, 5.41) is 3.61. The van der Waals surface area contributed by atoms with Gasteiger partial charge in [-0.25, -0.2) is 4.98 Å². The number of likely N-dealkylation sites (tertiary alicyclic amines) is 1. The zero-order valence-corrected chi connectivity index (χ0v) is 20.7. The van der Waals surface area contributed by atoms with Crippen molar-refractivity contribution in [3.63, 3.8) is 0 Å². The van der Waals surface area contributed by atoms with Crippen LogP contribution in [0, 0.1) is 0 Å². The Bertz CT molecular complexity index is 1240. The standard InChI is InChI=1S/C27H24Cl2F3N3O/c28-22-6-3-18(4-7-22)2-1-13-35-14-10-19(11-15-35)23-17-21(27(30,31)32)5-8-24(23)34-26(36)20-9-12-33-25(29)16-20/h1-9,12,16-17,19H,10-11,13-15H2,(H,34,36). The van der Waals surface area contributed by atoms with Crippen molar-refractivity contribution in [2.24, 2.45) is 0 Å². The van der Waals surface area contributed by atoms with Crippen LogP contribution in [0.4, 0.5) is 18.9 Å². The topological polar surface area (TPSA) is 45.2 Å². The van der Waals surface area contributed by atoms with Crippen molar-refractivity contribution in [3.05, 3.63) is 99.3 Å². The van der Waals surface area contributed by atoms with E-state index in [1.54, 1.807) is 0 Å². The number of rotatable bonds is 6. The Morgan fingerprint density at radius 2 is 1.78 bits per heavy atom. The fraction of sp³-hybridized carbons (Fsp3) is 0.259. The molecule has 0 aliphatic carbocycles. The Hall–Kier alpha value is -2.87. The molecule has 1 amide bonds. The maximum atomic E-state index is 13.5. The molecule has 1 fully saturated rings. The van der Waals surface area contributed by atoms with Gasteiger partial charge in [-0.3, -0.25) is 9.69 Å². The van der Waals surface area contributed by atoms with Gasteiger partial charge >= 0.3 is 6.18 Å². The van der Waals surface area contributed by atoms with Gasteiger partial charge in [-0.05, 0) is 85.4 Å². The fourth-order valence-corrected chi connectivity index (χ4v) is 4.57. The summed E-state index contributed by atoms with van der Waals surface area (Å²) in [5.41, 5.74) is 1.48. The molecule has 0 radical (unpaired) electrons. The van der Waals surface area contributed by atoms with Gasteiger partial charge in [0.1, 0.15) is 5.15 Å². The van der Waals surface area contributed by atoms with Gasteiger partial charge in [0.25, 0.3) is 5.91 Å². The smallest absolute Gasteiger partial charge is 0.322 e. The van der Waals surface area contributed by atoms with E-state index in [1.807, 2.05) is 30.3 Å². The quantitative estimate of drug-likeness (QED) is 0.332. The Labute approximate surface area is 217 Å². The zero-order valence-electron chi connectivity index (χ0n) is 19.2. The lowest BCUT2D eigenvalue weighted by molar-refractivity contribution is -0.137. The number of carbonyl (C=O) groups excluding carboxylic acids is 1. The maximum Gasteiger partial charge on any atom is 0.416 e. The Balaban J connectivity index is 1.46. The van der Waals surface area contributed by atoms with Crippen molar-refractivity contribution in [2.45, 2.75) is 24.9 Å². The lowest BCUT2D eigenvalue weighted by Crippen LogP contribution is -2.33. The van der Waals surface area contributed by atoms with Crippen molar-refractivity contribution in [3.8, 4) is 0 Å². The van der Waals surface area contributed by atoms with Gasteiger partial charge < -0.3 is 5.32 Å². The first-order chi connectivity index (χ1) is 17.2. The molecule has 0 atom stereocenters. The molecule has 1 aliphatic heterocycles.